The van der Waals surface area contributed by atoms with Gasteiger partial charge in [0.15, 0.2) is 0 Å². The van der Waals surface area contributed by atoms with Crippen molar-refractivity contribution >= 4 is 30.1 Å². The molecular weight excluding hydrogens is 276 g/mol. The van der Waals surface area contributed by atoms with Gasteiger partial charge in [-0.15, -0.1) is 0 Å². The standard InChI is InChI=1S/C14H19BClNO3/c1-17(11-5-3-2-4-6-11)14(18)10-7-8-12(15(19)20)13(16)9-10/h7-9,11,19-20H,2-6H2,1H3. The number of hydrogen-bond acceptors (Lipinski definition) is 3. The highest BCUT2D eigenvalue weighted by atomic mass is 35.5. The zero-order valence-corrected chi connectivity index (χ0v) is 12.3. The van der Waals surface area contributed by atoms with Gasteiger partial charge in [-0.2, -0.15) is 0 Å². The van der Waals surface area contributed by atoms with Gasteiger partial charge in [0.2, 0.25) is 0 Å². The maximum atomic E-state index is 12.4. The molecule has 0 bridgehead atoms. The SMILES string of the molecule is CN(C(=O)c1ccc(B(O)O)c(Cl)c1)C1CCCCC1. The number of hydrogen-bond donors (Lipinski definition) is 2. The minimum Gasteiger partial charge on any atom is -0.423 e. The average Bonchev–Trinajstić information content (AvgIpc) is 2.46. The Hall–Kier alpha value is -1.04. The molecule has 0 heterocycles. The first-order valence-electron chi connectivity index (χ1n) is 6.93. The number of benzene rings is 1. The molecule has 0 aromatic heterocycles. The Balaban J connectivity index is 2.14. The largest absolute Gasteiger partial charge is 0.489 e. The van der Waals surface area contributed by atoms with Crippen LogP contribution in [0.3, 0.4) is 0 Å². The second-order valence-corrected chi connectivity index (χ2v) is 5.73. The lowest BCUT2D eigenvalue weighted by Crippen LogP contribution is -2.38. The van der Waals surface area contributed by atoms with Gasteiger partial charge in [-0.1, -0.05) is 36.9 Å². The molecule has 4 nitrogen and oxygen atoms in total. The lowest BCUT2D eigenvalue weighted by atomic mass is 9.80. The van der Waals surface area contributed by atoms with Crippen LogP contribution >= 0.6 is 11.6 Å². The fourth-order valence-electron chi connectivity index (χ4n) is 2.71. The van der Waals surface area contributed by atoms with Crippen molar-refractivity contribution in [3.63, 3.8) is 0 Å². The molecule has 1 aliphatic carbocycles. The molecule has 0 saturated heterocycles. The fourth-order valence-corrected chi connectivity index (χ4v) is 2.99. The van der Waals surface area contributed by atoms with E-state index in [1.807, 2.05) is 7.05 Å². The number of carbonyl (C=O) groups excluding carboxylic acids is 1. The van der Waals surface area contributed by atoms with Crippen molar-refractivity contribution in [1.29, 1.82) is 0 Å². The minimum atomic E-state index is -1.62. The summed E-state index contributed by atoms with van der Waals surface area (Å²) in [7, 11) is 0.198. The maximum absolute atomic E-state index is 12.4. The third-order valence-corrected chi connectivity index (χ3v) is 4.30. The van der Waals surface area contributed by atoms with Crippen molar-refractivity contribution in [3.05, 3.63) is 28.8 Å². The van der Waals surface area contributed by atoms with Gasteiger partial charge in [-0.25, -0.2) is 0 Å². The zero-order valence-electron chi connectivity index (χ0n) is 11.6. The van der Waals surface area contributed by atoms with Gasteiger partial charge < -0.3 is 14.9 Å². The molecule has 0 spiro atoms. The summed E-state index contributed by atoms with van der Waals surface area (Å²) in [5.41, 5.74) is 0.691. The van der Waals surface area contributed by atoms with E-state index in [-0.39, 0.29) is 22.4 Å². The molecule has 1 amide bonds. The summed E-state index contributed by atoms with van der Waals surface area (Å²) in [5, 5.41) is 18.4. The smallest absolute Gasteiger partial charge is 0.423 e. The van der Waals surface area contributed by atoms with Crippen LogP contribution in [0.15, 0.2) is 18.2 Å². The molecule has 1 aromatic carbocycles. The Morgan fingerprint density at radius 1 is 1.30 bits per heavy atom. The van der Waals surface area contributed by atoms with E-state index in [9.17, 15) is 4.79 Å². The first-order valence-corrected chi connectivity index (χ1v) is 7.31. The summed E-state index contributed by atoms with van der Waals surface area (Å²) < 4.78 is 0. The summed E-state index contributed by atoms with van der Waals surface area (Å²) in [6.45, 7) is 0. The van der Waals surface area contributed by atoms with E-state index in [2.05, 4.69) is 0 Å². The minimum absolute atomic E-state index is 0.0715. The highest BCUT2D eigenvalue weighted by molar-refractivity contribution is 6.62. The van der Waals surface area contributed by atoms with Crippen molar-refractivity contribution in [2.45, 2.75) is 38.1 Å². The molecule has 2 rings (SSSR count). The molecule has 1 fully saturated rings. The van der Waals surface area contributed by atoms with E-state index in [1.54, 1.807) is 11.0 Å². The monoisotopic (exact) mass is 295 g/mol. The van der Waals surface area contributed by atoms with Crippen LogP contribution in [-0.2, 0) is 0 Å². The molecule has 20 heavy (non-hydrogen) atoms. The molecule has 0 unspecified atom stereocenters. The summed E-state index contributed by atoms with van der Waals surface area (Å²) in [4.78, 5) is 14.2. The van der Waals surface area contributed by atoms with E-state index >= 15 is 0 Å². The second-order valence-electron chi connectivity index (χ2n) is 5.32. The predicted octanol–water partition coefficient (Wildman–Crippen LogP) is 1.42. The molecule has 2 N–H and O–H groups in total. The van der Waals surface area contributed by atoms with Gasteiger partial charge in [-0.3, -0.25) is 4.79 Å². The van der Waals surface area contributed by atoms with Gasteiger partial charge in [0.05, 0.1) is 0 Å². The van der Waals surface area contributed by atoms with E-state index in [1.165, 1.54) is 31.4 Å². The average molecular weight is 296 g/mol. The van der Waals surface area contributed by atoms with Crippen molar-refractivity contribution in [2.24, 2.45) is 0 Å². The zero-order chi connectivity index (χ0) is 14.7. The van der Waals surface area contributed by atoms with Gasteiger partial charge in [0.25, 0.3) is 5.91 Å². The third kappa shape index (κ3) is 3.34. The highest BCUT2D eigenvalue weighted by Gasteiger charge is 2.24. The van der Waals surface area contributed by atoms with Crippen molar-refractivity contribution in [3.8, 4) is 0 Å². The number of carbonyl (C=O) groups is 1. The van der Waals surface area contributed by atoms with E-state index in [0.29, 0.717) is 5.56 Å². The molecule has 108 valence electrons. The summed E-state index contributed by atoms with van der Waals surface area (Å²) in [6, 6.07) is 4.85. The van der Waals surface area contributed by atoms with E-state index in [0.717, 1.165) is 12.8 Å². The molecule has 0 radical (unpaired) electrons. The fraction of sp³-hybridized carbons (Fsp3) is 0.500. The summed E-state index contributed by atoms with van der Waals surface area (Å²) in [6.07, 6.45) is 5.66. The molecule has 6 heteroatoms. The van der Waals surface area contributed by atoms with Gasteiger partial charge in [0, 0.05) is 29.1 Å². The van der Waals surface area contributed by atoms with Gasteiger partial charge in [-0.05, 0) is 25.0 Å². The van der Waals surface area contributed by atoms with Gasteiger partial charge in [0.1, 0.15) is 0 Å². The predicted molar refractivity (Wildman–Crippen MR) is 80.2 cm³/mol. The lowest BCUT2D eigenvalue weighted by molar-refractivity contribution is 0.0696. The summed E-state index contributed by atoms with van der Waals surface area (Å²) in [5.74, 6) is -0.0715. The Labute approximate surface area is 124 Å². The molecule has 0 atom stereocenters. The van der Waals surface area contributed by atoms with E-state index < -0.39 is 7.12 Å². The van der Waals surface area contributed by atoms with Crippen LogP contribution in [0.4, 0.5) is 0 Å². The van der Waals surface area contributed by atoms with Crippen LogP contribution in [0.5, 0.6) is 0 Å². The van der Waals surface area contributed by atoms with Crippen molar-refractivity contribution in [1.82, 2.24) is 4.90 Å². The topological polar surface area (TPSA) is 60.8 Å². The molecule has 1 aliphatic rings. The van der Waals surface area contributed by atoms with Crippen molar-refractivity contribution < 1.29 is 14.8 Å². The molecule has 0 aliphatic heterocycles. The van der Waals surface area contributed by atoms with Crippen LogP contribution in [0.25, 0.3) is 0 Å². The van der Waals surface area contributed by atoms with Gasteiger partial charge >= 0.3 is 7.12 Å². The van der Waals surface area contributed by atoms with Crippen LogP contribution in [0, 0.1) is 0 Å². The maximum Gasteiger partial charge on any atom is 0.489 e. The number of halogens is 1. The van der Waals surface area contributed by atoms with Crippen LogP contribution < -0.4 is 5.46 Å². The van der Waals surface area contributed by atoms with Crippen molar-refractivity contribution in [2.75, 3.05) is 7.05 Å². The number of amides is 1. The van der Waals surface area contributed by atoms with Crippen LogP contribution in [0.2, 0.25) is 5.02 Å². The molecule has 1 aromatic rings. The Kier molecular flexibility index (Phi) is 5.08. The number of rotatable bonds is 3. The normalized spacial score (nSPS) is 16.0. The Morgan fingerprint density at radius 2 is 1.95 bits per heavy atom. The first-order chi connectivity index (χ1) is 9.50. The van der Waals surface area contributed by atoms with Crippen LogP contribution in [0.1, 0.15) is 42.5 Å². The molecule has 1 saturated carbocycles. The quantitative estimate of drug-likeness (QED) is 0.829. The molecular formula is C14H19BClNO3. The first kappa shape index (κ1) is 15.4. The van der Waals surface area contributed by atoms with Crippen LogP contribution in [-0.4, -0.2) is 41.1 Å². The Morgan fingerprint density at radius 3 is 2.50 bits per heavy atom. The lowest BCUT2D eigenvalue weighted by Gasteiger charge is -2.31. The van der Waals surface area contributed by atoms with E-state index in [4.69, 9.17) is 21.6 Å². The highest BCUT2D eigenvalue weighted by Crippen LogP contribution is 2.23. The third-order valence-electron chi connectivity index (χ3n) is 3.97. The number of nitrogens with zero attached hydrogens (tertiary/aromatic N) is 1. The Bertz CT molecular complexity index is 489. The summed E-state index contributed by atoms with van der Waals surface area (Å²) >= 11 is 5.97. The second kappa shape index (κ2) is 6.61.